The molecule has 2 N–H and O–H groups in total. The van der Waals surface area contributed by atoms with E-state index in [1.807, 2.05) is 0 Å². The van der Waals surface area contributed by atoms with Gasteiger partial charge >= 0.3 is 0 Å². The first-order valence-electron chi connectivity index (χ1n) is 6.16. The molecule has 1 amide bonds. The molecule has 7 heteroatoms. The van der Waals surface area contributed by atoms with Gasteiger partial charge in [0.1, 0.15) is 12.2 Å². The van der Waals surface area contributed by atoms with Crippen LogP contribution in [-0.4, -0.2) is 57.1 Å². The average molecular weight is 269 g/mol. The topological polar surface area (TPSA) is 73.9 Å². The highest BCUT2D eigenvalue weighted by Crippen LogP contribution is 2.20. The molecular weight excluding hydrogens is 250 g/mol. The molecule has 1 aliphatic heterocycles. The summed E-state index contributed by atoms with van der Waals surface area (Å²) in [4.78, 5) is 17.6. The predicted molar refractivity (Wildman–Crippen MR) is 71.2 cm³/mol. The Morgan fingerprint density at radius 2 is 2.33 bits per heavy atom. The Hall–Kier alpha value is -1.08. The summed E-state index contributed by atoms with van der Waals surface area (Å²) in [6, 6.07) is 0. The van der Waals surface area contributed by atoms with E-state index >= 15 is 0 Å². The summed E-state index contributed by atoms with van der Waals surface area (Å²) < 4.78 is 0. The van der Waals surface area contributed by atoms with Crippen LogP contribution >= 0.6 is 11.8 Å². The highest BCUT2D eigenvalue weighted by atomic mass is 32.2. The van der Waals surface area contributed by atoms with Crippen LogP contribution in [0.25, 0.3) is 0 Å². The van der Waals surface area contributed by atoms with E-state index < -0.39 is 0 Å². The van der Waals surface area contributed by atoms with Crippen molar-refractivity contribution >= 4 is 17.7 Å². The van der Waals surface area contributed by atoms with E-state index in [1.165, 1.54) is 6.33 Å². The molecule has 1 aromatic heterocycles. The van der Waals surface area contributed by atoms with Gasteiger partial charge in [0.15, 0.2) is 0 Å². The Morgan fingerprint density at radius 3 is 3.00 bits per heavy atom. The van der Waals surface area contributed by atoms with E-state index in [4.69, 9.17) is 0 Å². The molecule has 100 valence electrons. The molecule has 18 heavy (non-hydrogen) atoms. The average Bonchev–Trinajstić information content (AvgIpc) is 2.90. The van der Waals surface area contributed by atoms with E-state index in [0.29, 0.717) is 17.5 Å². The number of hydrogen-bond acceptors (Lipinski definition) is 5. The number of carbonyl (C=O) groups excluding carboxylic acids is 1. The molecule has 0 spiro atoms. The summed E-state index contributed by atoms with van der Waals surface area (Å²) in [5.41, 5.74) is 0. The molecule has 0 unspecified atom stereocenters. The number of rotatable bonds is 5. The number of amides is 1. The van der Waals surface area contributed by atoms with Gasteiger partial charge in [-0.1, -0.05) is 0 Å². The van der Waals surface area contributed by atoms with Crippen LogP contribution in [0.15, 0.2) is 6.33 Å². The second-order valence-corrected chi connectivity index (χ2v) is 5.73. The summed E-state index contributed by atoms with van der Waals surface area (Å²) in [7, 11) is 1.80. The van der Waals surface area contributed by atoms with Crippen molar-refractivity contribution < 1.29 is 4.79 Å². The van der Waals surface area contributed by atoms with Crippen LogP contribution in [-0.2, 0) is 11.3 Å². The van der Waals surface area contributed by atoms with Crippen molar-refractivity contribution in [2.24, 2.45) is 0 Å². The third kappa shape index (κ3) is 3.99. The molecule has 0 aromatic carbocycles. The van der Waals surface area contributed by atoms with Crippen molar-refractivity contribution in [3.05, 3.63) is 12.2 Å². The maximum atomic E-state index is 11.9. The maximum absolute atomic E-state index is 11.9. The maximum Gasteiger partial charge on any atom is 0.232 e. The summed E-state index contributed by atoms with van der Waals surface area (Å²) in [6.45, 7) is 2.63. The van der Waals surface area contributed by atoms with Crippen LogP contribution in [0.4, 0.5) is 0 Å². The summed E-state index contributed by atoms with van der Waals surface area (Å²) >= 11 is 1.77. The molecule has 0 radical (unpaired) electrons. The van der Waals surface area contributed by atoms with Crippen molar-refractivity contribution in [2.45, 2.75) is 24.6 Å². The number of nitrogens with one attached hydrogen (secondary N) is 2. The van der Waals surface area contributed by atoms with Gasteiger partial charge in [0, 0.05) is 12.3 Å². The second kappa shape index (κ2) is 6.75. The van der Waals surface area contributed by atoms with Gasteiger partial charge < -0.3 is 10.2 Å². The third-order valence-corrected chi connectivity index (χ3v) is 4.36. The number of carbonyl (C=O) groups is 1. The second-order valence-electron chi connectivity index (χ2n) is 4.44. The molecule has 0 saturated carbocycles. The Kier molecular flexibility index (Phi) is 5.00. The van der Waals surface area contributed by atoms with Gasteiger partial charge in [-0.25, -0.2) is 4.98 Å². The number of H-pyrrole nitrogens is 1. The fraction of sp³-hybridized carbons (Fsp3) is 0.727. The highest BCUT2D eigenvalue weighted by molar-refractivity contribution is 8.00. The van der Waals surface area contributed by atoms with Crippen molar-refractivity contribution in [1.82, 2.24) is 25.4 Å². The van der Waals surface area contributed by atoms with Crippen LogP contribution in [0, 0.1) is 0 Å². The van der Waals surface area contributed by atoms with E-state index in [9.17, 15) is 4.79 Å². The number of nitrogens with zero attached hydrogens (tertiary/aromatic N) is 3. The Balaban J connectivity index is 1.70. The largest absolute Gasteiger partial charge is 0.338 e. The molecule has 0 bridgehead atoms. The Labute approximate surface area is 111 Å². The molecule has 0 aliphatic carbocycles. The van der Waals surface area contributed by atoms with Gasteiger partial charge in [-0.2, -0.15) is 5.10 Å². The fourth-order valence-electron chi connectivity index (χ4n) is 1.88. The summed E-state index contributed by atoms with van der Waals surface area (Å²) in [5.74, 6) is 1.42. The third-order valence-electron chi connectivity index (χ3n) is 3.01. The van der Waals surface area contributed by atoms with Crippen molar-refractivity contribution in [3.8, 4) is 0 Å². The van der Waals surface area contributed by atoms with Gasteiger partial charge in [0.25, 0.3) is 0 Å². The minimum atomic E-state index is 0.148. The van der Waals surface area contributed by atoms with Gasteiger partial charge in [0.2, 0.25) is 5.91 Å². The minimum Gasteiger partial charge on any atom is -0.338 e. The summed E-state index contributed by atoms with van der Waals surface area (Å²) in [5, 5.41) is 10.5. The molecular formula is C11H19N5OS. The van der Waals surface area contributed by atoms with Crippen LogP contribution in [0.5, 0.6) is 0 Å². The smallest absolute Gasteiger partial charge is 0.232 e. The first-order chi connectivity index (χ1) is 8.75. The van der Waals surface area contributed by atoms with E-state index in [0.717, 1.165) is 31.8 Å². The minimum absolute atomic E-state index is 0.148. The summed E-state index contributed by atoms with van der Waals surface area (Å²) in [6.07, 6.45) is 3.77. The van der Waals surface area contributed by atoms with E-state index in [2.05, 4.69) is 20.5 Å². The normalized spacial score (nSPS) is 16.7. The molecule has 1 aliphatic rings. The molecule has 0 atom stereocenters. The zero-order valence-electron chi connectivity index (χ0n) is 10.6. The lowest BCUT2D eigenvalue weighted by Crippen LogP contribution is -2.32. The van der Waals surface area contributed by atoms with Crippen molar-refractivity contribution in [1.29, 1.82) is 0 Å². The van der Waals surface area contributed by atoms with Gasteiger partial charge in [0.05, 0.1) is 12.3 Å². The van der Waals surface area contributed by atoms with E-state index in [-0.39, 0.29) is 5.91 Å². The standard InChI is InChI=1S/C11H19N5OS/c1-16(6-10-13-8-14-15-10)11(17)7-18-9-2-4-12-5-3-9/h8-9,12H,2-7H2,1H3,(H,13,14,15). The first kappa shape index (κ1) is 13.4. The Morgan fingerprint density at radius 1 is 1.56 bits per heavy atom. The molecule has 2 heterocycles. The fourth-order valence-corrected chi connectivity index (χ4v) is 3.05. The molecule has 2 rings (SSSR count). The number of piperidine rings is 1. The number of thioether (sulfide) groups is 1. The van der Waals surface area contributed by atoms with E-state index in [1.54, 1.807) is 23.7 Å². The van der Waals surface area contributed by atoms with Gasteiger partial charge in [-0.05, 0) is 25.9 Å². The Bertz CT molecular complexity index is 364. The van der Waals surface area contributed by atoms with Crippen molar-refractivity contribution in [3.63, 3.8) is 0 Å². The van der Waals surface area contributed by atoms with Crippen LogP contribution in [0.2, 0.25) is 0 Å². The van der Waals surface area contributed by atoms with Crippen LogP contribution in [0.1, 0.15) is 18.7 Å². The van der Waals surface area contributed by atoms with Gasteiger partial charge in [-0.3, -0.25) is 9.89 Å². The lowest BCUT2D eigenvalue weighted by molar-refractivity contribution is -0.127. The molecule has 1 saturated heterocycles. The highest BCUT2D eigenvalue weighted by Gasteiger charge is 2.17. The zero-order chi connectivity index (χ0) is 12.8. The van der Waals surface area contributed by atoms with Crippen molar-refractivity contribution in [2.75, 3.05) is 25.9 Å². The predicted octanol–water partition coefficient (Wildman–Crippen LogP) is 0.248. The first-order valence-corrected chi connectivity index (χ1v) is 7.21. The number of hydrogen-bond donors (Lipinski definition) is 2. The lowest BCUT2D eigenvalue weighted by Gasteiger charge is -2.23. The van der Waals surface area contributed by atoms with Crippen LogP contribution in [0.3, 0.4) is 0 Å². The number of aromatic amines is 1. The van der Waals surface area contributed by atoms with Crippen LogP contribution < -0.4 is 5.32 Å². The number of aromatic nitrogens is 3. The zero-order valence-corrected chi connectivity index (χ0v) is 11.4. The lowest BCUT2D eigenvalue weighted by atomic mass is 10.2. The molecule has 1 aromatic rings. The monoisotopic (exact) mass is 269 g/mol. The molecule has 1 fully saturated rings. The SMILES string of the molecule is CN(Cc1ncn[nH]1)C(=O)CSC1CCNCC1. The quantitative estimate of drug-likeness (QED) is 0.801. The van der Waals surface area contributed by atoms with Gasteiger partial charge in [-0.15, -0.1) is 11.8 Å². The molecule has 6 nitrogen and oxygen atoms in total.